The molecule has 0 bridgehead atoms. The van der Waals surface area contributed by atoms with Crippen molar-refractivity contribution in [2.45, 2.75) is 33.1 Å². The molecule has 0 saturated heterocycles. The third-order valence-corrected chi connectivity index (χ3v) is 4.49. The van der Waals surface area contributed by atoms with Gasteiger partial charge in [0.25, 0.3) is 0 Å². The van der Waals surface area contributed by atoms with Gasteiger partial charge in [0.15, 0.2) is 0 Å². The van der Waals surface area contributed by atoms with Crippen LogP contribution < -0.4 is 9.47 Å². The second kappa shape index (κ2) is 10.9. The molecule has 0 aliphatic heterocycles. The minimum atomic E-state index is -0.452. The zero-order chi connectivity index (χ0) is 23.0. The summed E-state index contributed by atoms with van der Waals surface area (Å²) in [7, 11) is 0. The molecule has 0 spiro atoms. The van der Waals surface area contributed by atoms with Crippen molar-refractivity contribution in [1.29, 1.82) is 0 Å². The molecule has 2 aromatic carbocycles. The fourth-order valence-corrected chi connectivity index (χ4v) is 2.92. The first-order valence-electron chi connectivity index (χ1n) is 9.96. The van der Waals surface area contributed by atoms with E-state index in [1.54, 1.807) is 38.1 Å². The molecule has 4 nitrogen and oxygen atoms in total. The monoisotopic (exact) mass is 416 g/mol. The van der Waals surface area contributed by atoms with E-state index in [1.807, 2.05) is 24.3 Å². The maximum Gasteiger partial charge on any atom is 0.338 e. The van der Waals surface area contributed by atoms with Gasteiger partial charge in [-0.3, -0.25) is 0 Å². The highest BCUT2D eigenvalue weighted by Gasteiger charge is 2.13. The predicted molar refractivity (Wildman–Crippen MR) is 124 cm³/mol. The van der Waals surface area contributed by atoms with Crippen molar-refractivity contribution < 1.29 is 19.1 Å². The zero-order valence-electron chi connectivity index (χ0n) is 18.2. The van der Waals surface area contributed by atoms with Crippen LogP contribution in [0.2, 0.25) is 0 Å². The lowest BCUT2D eigenvalue weighted by Crippen LogP contribution is -2.10. The quantitative estimate of drug-likeness (QED) is 0.216. The van der Waals surface area contributed by atoms with Gasteiger partial charge in [0, 0.05) is 11.1 Å². The van der Waals surface area contributed by atoms with E-state index in [0.717, 1.165) is 22.3 Å². The molecule has 0 atom stereocenters. The van der Waals surface area contributed by atoms with Crippen LogP contribution in [0.15, 0.2) is 86.0 Å². The lowest BCUT2D eigenvalue weighted by Gasteiger charge is -2.13. The summed E-state index contributed by atoms with van der Waals surface area (Å²) in [4.78, 5) is 23.8. The lowest BCUT2D eigenvalue weighted by molar-refractivity contribution is -0.131. The van der Waals surface area contributed by atoms with Crippen LogP contribution in [0.3, 0.4) is 0 Å². The van der Waals surface area contributed by atoms with Crippen molar-refractivity contribution in [2.24, 2.45) is 0 Å². The molecular weight excluding hydrogens is 388 g/mol. The van der Waals surface area contributed by atoms with Gasteiger partial charge in [-0.1, -0.05) is 49.6 Å². The van der Waals surface area contributed by atoms with Gasteiger partial charge in [0.2, 0.25) is 0 Å². The Morgan fingerprint density at radius 3 is 1.48 bits per heavy atom. The van der Waals surface area contributed by atoms with Crippen LogP contribution in [0.5, 0.6) is 11.5 Å². The highest BCUT2D eigenvalue weighted by Crippen LogP contribution is 2.26. The van der Waals surface area contributed by atoms with Gasteiger partial charge in [-0.05, 0) is 67.5 Å². The smallest absolute Gasteiger partial charge is 0.338 e. The molecule has 0 fully saturated rings. The molecule has 2 aromatic rings. The first-order valence-corrected chi connectivity index (χ1v) is 9.96. The summed E-state index contributed by atoms with van der Waals surface area (Å²) in [6.07, 6.45) is 5.35. The van der Waals surface area contributed by atoms with Gasteiger partial charge in [-0.2, -0.15) is 0 Å². The summed E-state index contributed by atoms with van der Waals surface area (Å²) in [5.41, 5.74) is 4.55. The number of carbonyl (C=O) groups excluding carboxylic acids is 2. The van der Waals surface area contributed by atoms with E-state index >= 15 is 0 Å². The zero-order valence-corrected chi connectivity index (χ0v) is 18.2. The number of allylic oxidation sites excluding steroid dienone is 2. The summed E-state index contributed by atoms with van der Waals surface area (Å²) < 4.78 is 10.9. The predicted octanol–water partition coefficient (Wildman–Crippen LogP) is 5.70. The average molecular weight is 417 g/mol. The van der Waals surface area contributed by atoms with Crippen LogP contribution in [0.1, 0.15) is 36.1 Å². The molecule has 0 N–H and O–H groups in total. The van der Waals surface area contributed by atoms with E-state index in [0.29, 0.717) is 41.9 Å². The molecule has 0 aromatic heterocycles. The van der Waals surface area contributed by atoms with Gasteiger partial charge < -0.3 is 9.47 Å². The summed E-state index contributed by atoms with van der Waals surface area (Å²) in [6.45, 7) is 18.0. The van der Waals surface area contributed by atoms with Gasteiger partial charge in [-0.25, -0.2) is 9.59 Å². The van der Waals surface area contributed by atoms with E-state index in [-0.39, 0.29) is 0 Å². The molecule has 0 amide bonds. The standard InChI is InChI=1S/C27H28O4/c1-7-9-22-16-20(11-13-24(22)30-26(28)18(3)4)15-21-12-14-25(23(17-21)10-8-2)31-27(29)19(5)6/h7-8,11-14,16-17H,1-3,5,9-10,15H2,4,6H3. The highest BCUT2D eigenvalue weighted by molar-refractivity contribution is 5.89. The lowest BCUT2D eigenvalue weighted by atomic mass is 9.98. The number of rotatable bonds is 10. The first kappa shape index (κ1) is 23.6. The number of benzene rings is 2. The third-order valence-electron chi connectivity index (χ3n) is 4.49. The highest BCUT2D eigenvalue weighted by atomic mass is 16.5. The molecule has 0 heterocycles. The fourth-order valence-electron chi connectivity index (χ4n) is 2.92. The molecule has 0 saturated carbocycles. The summed E-state index contributed by atoms with van der Waals surface area (Å²) in [6, 6.07) is 11.5. The molecule has 0 aliphatic carbocycles. The Morgan fingerprint density at radius 2 is 1.16 bits per heavy atom. The normalized spacial score (nSPS) is 10.1. The molecule has 0 unspecified atom stereocenters. The molecule has 4 heteroatoms. The van der Waals surface area contributed by atoms with Crippen molar-refractivity contribution in [2.75, 3.05) is 0 Å². The van der Waals surface area contributed by atoms with Crippen LogP contribution in [-0.2, 0) is 28.9 Å². The van der Waals surface area contributed by atoms with Crippen LogP contribution in [0.4, 0.5) is 0 Å². The van der Waals surface area contributed by atoms with Crippen LogP contribution in [-0.4, -0.2) is 11.9 Å². The van der Waals surface area contributed by atoms with E-state index in [1.165, 1.54) is 0 Å². The number of hydrogen-bond acceptors (Lipinski definition) is 4. The van der Waals surface area contributed by atoms with Crippen LogP contribution >= 0.6 is 0 Å². The van der Waals surface area contributed by atoms with Crippen molar-refractivity contribution in [3.05, 3.63) is 108 Å². The fraction of sp³-hybridized carbons (Fsp3) is 0.185. The van der Waals surface area contributed by atoms with Gasteiger partial charge in [-0.15, -0.1) is 13.2 Å². The largest absolute Gasteiger partial charge is 0.423 e. The Morgan fingerprint density at radius 1 is 0.774 bits per heavy atom. The molecule has 31 heavy (non-hydrogen) atoms. The number of esters is 2. The van der Waals surface area contributed by atoms with E-state index in [4.69, 9.17) is 9.47 Å². The van der Waals surface area contributed by atoms with Crippen molar-refractivity contribution >= 4 is 11.9 Å². The first-order chi connectivity index (χ1) is 14.7. The molecule has 0 radical (unpaired) electrons. The van der Waals surface area contributed by atoms with Crippen LogP contribution in [0, 0.1) is 0 Å². The number of hydrogen-bond donors (Lipinski definition) is 0. The number of ether oxygens (including phenoxy) is 2. The topological polar surface area (TPSA) is 52.6 Å². The van der Waals surface area contributed by atoms with Crippen molar-refractivity contribution in [1.82, 2.24) is 0 Å². The van der Waals surface area contributed by atoms with Crippen molar-refractivity contribution in [3.8, 4) is 11.5 Å². The number of carbonyl (C=O) groups is 2. The average Bonchev–Trinajstić information content (AvgIpc) is 2.71. The maximum atomic E-state index is 11.9. The van der Waals surface area contributed by atoms with Crippen molar-refractivity contribution in [3.63, 3.8) is 0 Å². The Balaban J connectivity index is 2.30. The summed E-state index contributed by atoms with van der Waals surface area (Å²) in [5.74, 6) is 0.108. The molecule has 0 aliphatic rings. The summed E-state index contributed by atoms with van der Waals surface area (Å²) in [5, 5.41) is 0. The SMILES string of the molecule is C=CCc1cc(Cc2ccc(OC(=O)C(=C)C)c(CC=C)c2)ccc1OC(=O)C(=C)C. The Labute approximate surface area is 184 Å². The van der Waals surface area contributed by atoms with Gasteiger partial charge >= 0.3 is 11.9 Å². The van der Waals surface area contributed by atoms with Crippen LogP contribution in [0.25, 0.3) is 0 Å². The second-order valence-electron chi connectivity index (χ2n) is 7.39. The van der Waals surface area contributed by atoms with Gasteiger partial charge in [0.1, 0.15) is 11.5 Å². The van der Waals surface area contributed by atoms with Gasteiger partial charge in [0.05, 0.1) is 0 Å². The van der Waals surface area contributed by atoms with E-state index in [2.05, 4.69) is 26.3 Å². The Bertz CT molecular complexity index is 960. The van der Waals surface area contributed by atoms with E-state index < -0.39 is 11.9 Å². The molecule has 2 rings (SSSR count). The second-order valence-corrected chi connectivity index (χ2v) is 7.39. The summed E-state index contributed by atoms with van der Waals surface area (Å²) >= 11 is 0. The van der Waals surface area contributed by atoms with E-state index in [9.17, 15) is 9.59 Å². The Kier molecular flexibility index (Phi) is 8.33. The third kappa shape index (κ3) is 6.68. The minimum Gasteiger partial charge on any atom is -0.423 e. The minimum absolute atomic E-state index is 0.343. The maximum absolute atomic E-state index is 11.9. The Hall–Kier alpha value is -3.66. The molecular formula is C27H28O4. The molecule has 160 valence electrons.